The standard InChI is InChI=1S/C14H20N2O3/c1-11-5-12(8-15-7-11)9-16-3-4-19-13(10-16)6-14(17)18-2/h5,7-8,13H,3-4,6,9-10H2,1-2H3. The highest BCUT2D eigenvalue weighted by molar-refractivity contribution is 5.69. The second kappa shape index (κ2) is 6.63. The highest BCUT2D eigenvalue weighted by Crippen LogP contribution is 2.13. The van der Waals surface area contributed by atoms with Crippen LogP contribution < -0.4 is 0 Å². The van der Waals surface area contributed by atoms with Crippen molar-refractivity contribution in [1.82, 2.24) is 9.88 Å². The molecule has 1 aromatic heterocycles. The van der Waals surface area contributed by atoms with E-state index in [1.54, 1.807) is 0 Å². The van der Waals surface area contributed by atoms with E-state index >= 15 is 0 Å². The van der Waals surface area contributed by atoms with E-state index in [-0.39, 0.29) is 12.1 Å². The Kier molecular flexibility index (Phi) is 4.87. The maximum absolute atomic E-state index is 11.3. The molecule has 1 aromatic rings. The minimum atomic E-state index is -0.218. The smallest absolute Gasteiger partial charge is 0.308 e. The lowest BCUT2D eigenvalue weighted by molar-refractivity contribution is -0.145. The minimum absolute atomic E-state index is 0.0704. The van der Waals surface area contributed by atoms with Crippen LogP contribution in [0.3, 0.4) is 0 Å². The molecule has 104 valence electrons. The van der Waals surface area contributed by atoms with Gasteiger partial charge >= 0.3 is 5.97 Å². The predicted molar refractivity (Wildman–Crippen MR) is 70.6 cm³/mol. The number of methoxy groups -OCH3 is 1. The number of pyridine rings is 1. The average Bonchev–Trinajstić information content (AvgIpc) is 2.39. The number of hydrogen-bond acceptors (Lipinski definition) is 5. The highest BCUT2D eigenvalue weighted by Gasteiger charge is 2.23. The number of esters is 1. The zero-order valence-corrected chi connectivity index (χ0v) is 11.5. The van der Waals surface area contributed by atoms with Gasteiger partial charge in [0.15, 0.2) is 0 Å². The molecule has 0 bridgehead atoms. The van der Waals surface area contributed by atoms with Gasteiger partial charge in [-0.3, -0.25) is 14.7 Å². The van der Waals surface area contributed by atoms with E-state index < -0.39 is 0 Å². The van der Waals surface area contributed by atoms with Gasteiger partial charge in [0.1, 0.15) is 0 Å². The first-order valence-corrected chi connectivity index (χ1v) is 6.48. The summed E-state index contributed by atoms with van der Waals surface area (Å²) in [5.41, 5.74) is 2.36. The van der Waals surface area contributed by atoms with Crippen molar-refractivity contribution in [2.45, 2.75) is 26.0 Å². The molecule has 5 heteroatoms. The molecule has 2 heterocycles. The first-order chi connectivity index (χ1) is 9.17. The molecular formula is C14H20N2O3. The number of ether oxygens (including phenoxy) is 2. The van der Waals surface area contributed by atoms with E-state index in [0.29, 0.717) is 13.0 Å². The van der Waals surface area contributed by atoms with Crippen LogP contribution in [-0.4, -0.2) is 48.8 Å². The normalized spacial score (nSPS) is 20.2. The Balaban J connectivity index is 1.89. The number of carbonyl (C=O) groups excluding carboxylic acids is 1. The summed E-state index contributed by atoms with van der Waals surface area (Å²) >= 11 is 0. The van der Waals surface area contributed by atoms with Crippen LogP contribution in [0.15, 0.2) is 18.5 Å². The largest absolute Gasteiger partial charge is 0.469 e. The Morgan fingerprint density at radius 3 is 3.16 bits per heavy atom. The van der Waals surface area contributed by atoms with Crippen molar-refractivity contribution in [2.75, 3.05) is 26.8 Å². The van der Waals surface area contributed by atoms with E-state index in [2.05, 4.69) is 20.7 Å². The number of hydrogen-bond donors (Lipinski definition) is 0. The zero-order valence-electron chi connectivity index (χ0n) is 11.5. The van der Waals surface area contributed by atoms with Crippen LogP contribution in [0.1, 0.15) is 17.5 Å². The third kappa shape index (κ3) is 4.29. The van der Waals surface area contributed by atoms with E-state index in [1.807, 2.05) is 19.3 Å². The van der Waals surface area contributed by atoms with Crippen LogP contribution in [0.25, 0.3) is 0 Å². The summed E-state index contributed by atoms with van der Waals surface area (Å²) in [6, 6.07) is 2.14. The molecule has 5 nitrogen and oxygen atoms in total. The molecule has 0 N–H and O–H groups in total. The molecule has 1 aliphatic heterocycles. The van der Waals surface area contributed by atoms with Gasteiger partial charge in [-0.1, -0.05) is 6.07 Å². The molecular weight excluding hydrogens is 244 g/mol. The molecule has 1 unspecified atom stereocenters. The fourth-order valence-corrected chi connectivity index (χ4v) is 2.28. The molecule has 1 atom stereocenters. The average molecular weight is 264 g/mol. The van der Waals surface area contributed by atoms with Crippen molar-refractivity contribution in [1.29, 1.82) is 0 Å². The van der Waals surface area contributed by atoms with Crippen molar-refractivity contribution >= 4 is 5.97 Å². The Labute approximate surface area is 113 Å². The van der Waals surface area contributed by atoms with Gasteiger partial charge in [-0.2, -0.15) is 0 Å². The summed E-state index contributed by atoms with van der Waals surface area (Å²) in [7, 11) is 1.40. The Bertz CT molecular complexity index is 436. The Morgan fingerprint density at radius 2 is 2.42 bits per heavy atom. The Hall–Kier alpha value is -1.46. The van der Waals surface area contributed by atoms with Gasteiger partial charge in [-0.25, -0.2) is 0 Å². The highest BCUT2D eigenvalue weighted by atomic mass is 16.5. The maximum atomic E-state index is 11.3. The van der Waals surface area contributed by atoms with Gasteiger partial charge < -0.3 is 9.47 Å². The van der Waals surface area contributed by atoms with Crippen LogP contribution in [0.5, 0.6) is 0 Å². The topological polar surface area (TPSA) is 51.7 Å². The van der Waals surface area contributed by atoms with Crippen molar-refractivity contribution in [3.05, 3.63) is 29.6 Å². The number of carbonyl (C=O) groups is 1. The lowest BCUT2D eigenvalue weighted by atomic mass is 10.1. The molecule has 19 heavy (non-hydrogen) atoms. The predicted octanol–water partition coefficient (Wildman–Crippen LogP) is 1.15. The number of rotatable bonds is 4. The van der Waals surface area contributed by atoms with Gasteiger partial charge in [0, 0.05) is 32.0 Å². The Morgan fingerprint density at radius 1 is 1.58 bits per heavy atom. The lowest BCUT2D eigenvalue weighted by Crippen LogP contribution is -2.42. The fraction of sp³-hybridized carbons (Fsp3) is 0.571. The minimum Gasteiger partial charge on any atom is -0.469 e. The van der Waals surface area contributed by atoms with Gasteiger partial charge in [-0.05, 0) is 18.1 Å². The van der Waals surface area contributed by atoms with Gasteiger partial charge in [0.2, 0.25) is 0 Å². The quantitative estimate of drug-likeness (QED) is 0.764. The maximum Gasteiger partial charge on any atom is 0.308 e. The molecule has 0 amide bonds. The monoisotopic (exact) mass is 264 g/mol. The summed E-state index contributed by atoms with van der Waals surface area (Å²) in [5, 5.41) is 0. The van der Waals surface area contributed by atoms with Crippen molar-refractivity contribution < 1.29 is 14.3 Å². The van der Waals surface area contributed by atoms with Gasteiger partial charge in [0.25, 0.3) is 0 Å². The first-order valence-electron chi connectivity index (χ1n) is 6.48. The summed E-state index contributed by atoms with van der Waals surface area (Å²) in [6.07, 6.45) is 3.98. The molecule has 1 fully saturated rings. The molecule has 0 saturated carbocycles. The summed E-state index contributed by atoms with van der Waals surface area (Å²) in [6.45, 7) is 5.17. The molecule has 0 radical (unpaired) electrons. The number of nitrogens with zero attached hydrogens (tertiary/aromatic N) is 2. The summed E-state index contributed by atoms with van der Waals surface area (Å²) < 4.78 is 10.3. The molecule has 0 spiro atoms. The SMILES string of the molecule is COC(=O)CC1CN(Cc2cncc(C)c2)CCO1. The second-order valence-corrected chi connectivity index (χ2v) is 4.88. The third-order valence-corrected chi connectivity index (χ3v) is 3.18. The van der Waals surface area contributed by atoms with Gasteiger partial charge in [0.05, 0.1) is 26.2 Å². The number of aryl methyl sites for hydroxylation is 1. The summed E-state index contributed by atoms with van der Waals surface area (Å²) in [5.74, 6) is -0.218. The summed E-state index contributed by atoms with van der Waals surface area (Å²) in [4.78, 5) is 17.7. The molecule has 1 saturated heterocycles. The van der Waals surface area contributed by atoms with E-state index in [9.17, 15) is 4.79 Å². The van der Waals surface area contributed by atoms with Gasteiger partial charge in [-0.15, -0.1) is 0 Å². The van der Waals surface area contributed by atoms with Crippen molar-refractivity contribution in [3.63, 3.8) is 0 Å². The van der Waals surface area contributed by atoms with Crippen LogP contribution in [0, 0.1) is 6.92 Å². The molecule has 1 aliphatic rings. The molecule has 0 aliphatic carbocycles. The van der Waals surface area contributed by atoms with Crippen LogP contribution >= 0.6 is 0 Å². The van der Waals surface area contributed by atoms with E-state index in [0.717, 1.165) is 25.2 Å². The molecule has 2 rings (SSSR count). The van der Waals surface area contributed by atoms with Crippen LogP contribution in [-0.2, 0) is 20.8 Å². The fourth-order valence-electron chi connectivity index (χ4n) is 2.28. The van der Waals surface area contributed by atoms with Crippen molar-refractivity contribution in [3.8, 4) is 0 Å². The molecule has 0 aromatic carbocycles. The van der Waals surface area contributed by atoms with Crippen LogP contribution in [0.2, 0.25) is 0 Å². The zero-order chi connectivity index (χ0) is 13.7. The number of morpholine rings is 1. The third-order valence-electron chi connectivity index (χ3n) is 3.18. The van der Waals surface area contributed by atoms with Crippen molar-refractivity contribution in [2.24, 2.45) is 0 Å². The van der Waals surface area contributed by atoms with E-state index in [1.165, 1.54) is 12.7 Å². The number of aromatic nitrogens is 1. The van der Waals surface area contributed by atoms with E-state index in [4.69, 9.17) is 4.74 Å². The lowest BCUT2D eigenvalue weighted by Gasteiger charge is -2.32. The first kappa shape index (κ1) is 14.0. The second-order valence-electron chi connectivity index (χ2n) is 4.88. The van der Waals surface area contributed by atoms with Crippen LogP contribution in [0.4, 0.5) is 0 Å².